The molecule has 1 rings (SSSR count). The smallest absolute Gasteiger partial charge is 0.236 e. The van der Waals surface area contributed by atoms with Gasteiger partial charge in [-0.3, -0.25) is 9.69 Å². The van der Waals surface area contributed by atoms with Gasteiger partial charge < -0.3 is 10.0 Å². The third-order valence-corrected chi connectivity index (χ3v) is 3.35. The van der Waals surface area contributed by atoms with E-state index in [9.17, 15) is 9.90 Å². The fourth-order valence-corrected chi connectivity index (χ4v) is 1.99. The summed E-state index contributed by atoms with van der Waals surface area (Å²) in [5, 5.41) is 9.18. The van der Waals surface area contributed by atoms with Gasteiger partial charge in [-0.1, -0.05) is 0 Å². The van der Waals surface area contributed by atoms with Crippen molar-refractivity contribution in [1.29, 1.82) is 0 Å². The Morgan fingerprint density at radius 1 is 1.38 bits per heavy atom. The Balaban J connectivity index is 2.23. The molecular weight excluding hydrogens is 204 g/mol. The lowest BCUT2D eigenvalue weighted by atomic mass is 9.82. The van der Waals surface area contributed by atoms with Gasteiger partial charge in [0, 0.05) is 19.6 Å². The molecule has 16 heavy (non-hydrogen) atoms. The number of aliphatic hydroxyl groups excluding tert-OH is 1. The van der Waals surface area contributed by atoms with Crippen LogP contribution in [0.1, 0.15) is 26.7 Å². The van der Waals surface area contributed by atoms with Gasteiger partial charge in [-0.15, -0.1) is 0 Å². The topological polar surface area (TPSA) is 43.8 Å². The van der Waals surface area contributed by atoms with Gasteiger partial charge >= 0.3 is 0 Å². The van der Waals surface area contributed by atoms with E-state index in [4.69, 9.17) is 0 Å². The molecule has 0 saturated heterocycles. The zero-order valence-electron chi connectivity index (χ0n) is 10.8. The van der Waals surface area contributed by atoms with Crippen LogP contribution in [0.4, 0.5) is 0 Å². The van der Waals surface area contributed by atoms with Gasteiger partial charge in [0.15, 0.2) is 0 Å². The van der Waals surface area contributed by atoms with Crippen LogP contribution >= 0.6 is 0 Å². The number of carbonyl (C=O) groups excluding carboxylic acids is 1. The number of aliphatic hydroxyl groups is 1. The molecule has 94 valence electrons. The Labute approximate surface area is 98.2 Å². The Hall–Kier alpha value is -0.610. The van der Waals surface area contributed by atoms with Gasteiger partial charge in [0.25, 0.3) is 0 Å². The van der Waals surface area contributed by atoms with Crippen LogP contribution in [0.2, 0.25) is 0 Å². The Kier molecular flexibility index (Phi) is 4.74. The maximum Gasteiger partial charge on any atom is 0.236 e. The van der Waals surface area contributed by atoms with Crippen molar-refractivity contribution in [3.63, 3.8) is 0 Å². The summed E-state index contributed by atoms with van der Waals surface area (Å²) >= 11 is 0. The lowest BCUT2D eigenvalue weighted by molar-refractivity contribution is -0.132. The second-order valence-electron chi connectivity index (χ2n) is 5.29. The zero-order chi connectivity index (χ0) is 12.3. The van der Waals surface area contributed by atoms with Crippen LogP contribution in [0, 0.1) is 5.92 Å². The molecule has 4 nitrogen and oxygen atoms in total. The Morgan fingerprint density at radius 3 is 2.38 bits per heavy atom. The molecule has 0 aromatic carbocycles. The van der Waals surface area contributed by atoms with Crippen LogP contribution in [0.5, 0.6) is 0 Å². The number of hydrogen-bond donors (Lipinski definition) is 1. The third kappa shape index (κ3) is 3.76. The molecule has 4 heteroatoms. The molecule has 0 aromatic heterocycles. The van der Waals surface area contributed by atoms with E-state index in [1.165, 1.54) is 0 Å². The normalized spacial score (nSPS) is 24.7. The Morgan fingerprint density at radius 2 is 1.94 bits per heavy atom. The maximum atomic E-state index is 11.8. The molecule has 1 aliphatic rings. The van der Waals surface area contributed by atoms with Gasteiger partial charge in [-0.2, -0.15) is 0 Å². The Bertz CT molecular complexity index is 237. The van der Waals surface area contributed by atoms with E-state index in [1.807, 2.05) is 27.9 Å². The number of carbonyl (C=O) groups is 1. The minimum absolute atomic E-state index is 0.104. The van der Waals surface area contributed by atoms with E-state index in [2.05, 4.69) is 4.90 Å². The molecule has 1 fully saturated rings. The highest BCUT2D eigenvalue weighted by Crippen LogP contribution is 2.27. The molecule has 0 spiro atoms. The predicted octanol–water partition coefficient (Wildman–Crippen LogP) is 0.556. The average molecular weight is 228 g/mol. The maximum absolute atomic E-state index is 11.8. The number of hydrogen-bond acceptors (Lipinski definition) is 3. The highest BCUT2D eigenvalue weighted by molar-refractivity contribution is 5.78. The van der Waals surface area contributed by atoms with Crippen molar-refractivity contribution in [1.82, 2.24) is 9.80 Å². The number of likely N-dealkylation sites (N-methyl/N-ethyl adjacent to an activating group) is 2. The minimum atomic E-state index is -0.104. The number of nitrogens with zero attached hydrogens (tertiary/aromatic N) is 2. The SMILES string of the molecule is CC(C)N(C)C(=O)CN(C)CC1CC(O)C1. The fraction of sp³-hybridized carbons (Fsp3) is 0.917. The molecule has 0 heterocycles. The highest BCUT2D eigenvalue weighted by Gasteiger charge is 2.28. The van der Waals surface area contributed by atoms with E-state index in [0.29, 0.717) is 12.5 Å². The largest absolute Gasteiger partial charge is 0.393 e. The van der Waals surface area contributed by atoms with Gasteiger partial charge in [0.1, 0.15) is 0 Å². The predicted molar refractivity (Wildman–Crippen MR) is 64.1 cm³/mol. The first-order valence-corrected chi connectivity index (χ1v) is 6.02. The summed E-state index contributed by atoms with van der Waals surface area (Å²) in [4.78, 5) is 15.6. The van der Waals surface area contributed by atoms with Crippen molar-refractivity contribution in [3.05, 3.63) is 0 Å². The molecule has 0 unspecified atom stereocenters. The summed E-state index contributed by atoms with van der Waals surface area (Å²) in [5.74, 6) is 0.731. The van der Waals surface area contributed by atoms with Crippen molar-refractivity contribution in [2.75, 3.05) is 27.2 Å². The van der Waals surface area contributed by atoms with Gasteiger partial charge in [-0.25, -0.2) is 0 Å². The first-order chi connectivity index (χ1) is 7.40. The van der Waals surface area contributed by atoms with Crippen LogP contribution in [-0.4, -0.2) is 60.1 Å². The van der Waals surface area contributed by atoms with Crippen LogP contribution in [0.25, 0.3) is 0 Å². The summed E-state index contributed by atoms with van der Waals surface area (Å²) in [5.41, 5.74) is 0. The second kappa shape index (κ2) is 5.64. The van der Waals surface area contributed by atoms with Crippen LogP contribution in [0.15, 0.2) is 0 Å². The molecule has 1 amide bonds. The van der Waals surface area contributed by atoms with Gasteiger partial charge in [0.05, 0.1) is 12.6 Å². The number of amides is 1. The molecule has 1 aliphatic carbocycles. The van der Waals surface area contributed by atoms with Crippen molar-refractivity contribution < 1.29 is 9.90 Å². The molecule has 0 aromatic rings. The van der Waals surface area contributed by atoms with Gasteiger partial charge in [0.2, 0.25) is 5.91 Å². The quantitative estimate of drug-likeness (QED) is 0.747. The van der Waals surface area contributed by atoms with Gasteiger partial charge in [-0.05, 0) is 39.7 Å². The van der Waals surface area contributed by atoms with Crippen LogP contribution in [-0.2, 0) is 4.79 Å². The standard InChI is InChI=1S/C12H24N2O2/c1-9(2)14(4)12(16)8-13(3)7-10-5-11(15)6-10/h9-11,15H,5-8H2,1-4H3. The molecule has 1 N–H and O–H groups in total. The molecule has 0 aliphatic heterocycles. The van der Waals surface area contributed by atoms with Crippen molar-refractivity contribution in [3.8, 4) is 0 Å². The average Bonchev–Trinajstić information content (AvgIpc) is 2.13. The molecule has 0 radical (unpaired) electrons. The van der Waals surface area contributed by atoms with E-state index in [1.54, 1.807) is 4.90 Å². The van der Waals surface area contributed by atoms with E-state index in [-0.39, 0.29) is 18.1 Å². The zero-order valence-corrected chi connectivity index (χ0v) is 10.8. The number of rotatable bonds is 5. The molecule has 0 bridgehead atoms. The van der Waals surface area contributed by atoms with Crippen molar-refractivity contribution in [2.45, 2.75) is 38.8 Å². The molecule has 1 saturated carbocycles. The minimum Gasteiger partial charge on any atom is -0.393 e. The van der Waals surface area contributed by atoms with E-state index >= 15 is 0 Å². The summed E-state index contributed by atoms with van der Waals surface area (Å²) in [7, 11) is 3.81. The lowest BCUT2D eigenvalue weighted by Gasteiger charge is -2.34. The van der Waals surface area contributed by atoms with Crippen LogP contribution in [0.3, 0.4) is 0 Å². The summed E-state index contributed by atoms with van der Waals surface area (Å²) in [6, 6.07) is 0.256. The summed E-state index contributed by atoms with van der Waals surface area (Å²) in [6.07, 6.45) is 1.67. The highest BCUT2D eigenvalue weighted by atomic mass is 16.3. The second-order valence-corrected chi connectivity index (χ2v) is 5.29. The van der Waals surface area contributed by atoms with E-state index < -0.39 is 0 Å². The first kappa shape index (κ1) is 13.5. The molecular formula is C12H24N2O2. The van der Waals surface area contributed by atoms with Crippen molar-refractivity contribution >= 4 is 5.91 Å². The first-order valence-electron chi connectivity index (χ1n) is 6.02. The summed E-state index contributed by atoms with van der Waals surface area (Å²) < 4.78 is 0. The molecule has 0 atom stereocenters. The van der Waals surface area contributed by atoms with Crippen LogP contribution < -0.4 is 0 Å². The lowest BCUT2D eigenvalue weighted by Crippen LogP contribution is -2.43. The summed E-state index contributed by atoms with van der Waals surface area (Å²) in [6.45, 7) is 5.41. The fourth-order valence-electron chi connectivity index (χ4n) is 1.99. The van der Waals surface area contributed by atoms with Crippen molar-refractivity contribution in [2.24, 2.45) is 5.92 Å². The van der Waals surface area contributed by atoms with E-state index in [0.717, 1.165) is 19.4 Å². The third-order valence-electron chi connectivity index (χ3n) is 3.35. The monoisotopic (exact) mass is 228 g/mol.